The van der Waals surface area contributed by atoms with Crippen LogP contribution in [-0.4, -0.2) is 32.0 Å². The molecule has 7 rings (SSSR count). The Bertz CT molecular complexity index is 2100. The van der Waals surface area contributed by atoms with Crippen molar-refractivity contribution >= 4 is 62.0 Å². The minimum Gasteiger partial charge on any atom is -0.503 e. The van der Waals surface area contributed by atoms with Crippen molar-refractivity contribution in [1.29, 1.82) is 0 Å². The third-order valence-corrected chi connectivity index (χ3v) is 10.8. The molecule has 0 spiro atoms. The van der Waals surface area contributed by atoms with Gasteiger partial charge in [0.1, 0.15) is 10.8 Å². The van der Waals surface area contributed by atoms with Gasteiger partial charge >= 0.3 is 0 Å². The molecule has 1 N–H and O–H groups in total. The highest BCUT2D eigenvalue weighted by molar-refractivity contribution is 8.00. The number of hydrogen-bond acceptors (Lipinski definition) is 9. The van der Waals surface area contributed by atoms with Crippen molar-refractivity contribution in [1.82, 2.24) is 15.2 Å². The Morgan fingerprint density at radius 2 is 1.67 bits per heavy atom. The van der Waals surface area contributed by atoms with Gasteiger partial charge in [-0.25, -0.2) is 9.37 Å². The number of halogens is 1. The Labute approximate surface area is 269 Å². The molecule has 2 aromatic heterocycles. The second kappa shape index (κ2) is 12.0. The molecule has 1 atom stereocenters. The number of aryl methyl sites for hydroxylation is 1. The van der Waals surface area contributed by atoms with Gasteiger partial charge in [0.05, 0.1) is 22.2 Å². The molecule has 222 valence electrons. The second-order valence-electron chi connectivity index (χ2n) is 10.3. The highest BCUT2D eigenvalue weighted by atomic mass is 32.2. The van der Waals surface area contributed by atoms with Crippen LogP contribution in [0.25, 0.3) is 21.3 Å². The maximum Gasteiger partial charge on any atom is 0.296 e. The van der Waals surface area contributed by atoms with E-state index in [1.807, 2.05) is 48.5 Å². The third-order valence-electron chi connectivity index (χ3n) is 7.50. The summed E-state index contributed by atoms with van der Waals surface area (Å²) in [5, 5.41) is 23.0. The lowest BCUT2D eigenvalue weighted by Crippen LogP contribution is -2.31. The average molecular weight is 651 g/mol. The SMILES string of the molecule is Cc1nc(-c2ccccc2)sc1C(=O)C1=C(O)C(=O)N(c2nnc(SCc3cccc4ccccc34)s2)C1c1ccc(F)cc1. The number of ketones is 1. The van der Waals surface area contributed by atoms with Gasteiger partial charge in [-0.2, -0.15) is 0 Å². The van der Waals surface area contributed by atoms with E-state index in [0.717, 1.165) is 21.9 Å². The highest BCUT2D eigenvalue weighted by Crippen LogP contribution is 2.45. The number of hydrogen-bond donors (Lipinski definition) is 1. The summed E-state index contributed by atoms with van der Waals surface area (Å²) in [5.74, 6) is -1.81. The topological polar surface area (TPSA) is 96.3 Å². The van der Waals surface area contributed by atoms with Gasteiger partial charge < -0.3 is 5.11 Å². The van der Waals surface area contributed by atoms with Gasteiger partial charge in [-0.3, -0.25) is 14.5 Å². The Hall–Kier alpha value is -4.71. The van der Waals surface area contributed by atoms with Gasteiger partial charge in [-0.05, 0) is 41.0 Å². The minimum atomic E-state index is -1.05. The first-order chi connectivity index (χ1) is 21.9. The molecule has 4 aromatic carbocycles. The van der Waals surface area contributed by atoms with Crippen LogP contribution in [0.4, 0.5) is 9.52 Å². The monoisotopic (exact) mass is 650 g/mol. The van der Waals surface area contributed by atoms with Crippen LogP contribution >= 0.6 is 34.4 Å². The van der Waals surface area contributed by atoms with E-state index in [9.17, 15) is 19.1 Å². The summed E-state index contributed by atoms with van der Waals surface area (Å²) < 4.78 is 14.6. The number of aliphatic hydroxyl groups is 1. The molecule has 11 heteroatoms. The van der Waals surface area contributed by atoms with E-state index in [2.05, 4.69) is 39.4 Å². The van der Waals surface area contributed by atoms with E-state index in [1.165, 1.54) is 63.6 Å². The number of thioether (sulfide) groups is 1. The smallest absolute Gasteiger partial charge is 0.296 e. The number of thiazole rings is 1. The zero-order valence-corrected chi connectivity index (χ0v) is 26.1. The Balaban J connectivity index is 1.22. The molecule has 1 aliphatic rings. The molecular formula is C34H23FN4O3S3. The molecule has 0 radical (unpaired) electrons. The quantitative estimate of drug-likeness (QED) is 0.101. The van der Waals surface area contributed by atoms with Crippen molar-refractivity contribution in [2.45, 2.75) is 23.1 Å². The maximum atomic E-state index is 14.1. The number of amides is 1. The zero-order valence-electron chi connectivity index (χ0n) is 23.7. The van der Waals surface area contributed by atoms with Crippen LogP contribution in [0, 0.1) is 12.7 Å². The molecule has 0 saturated heterocycles. The minimum absolute atomic E-state index is 0.113. The van der Waals surface area contributed by atoms with Crippen LogP contribution in [0.3, 0.4) is 0 Å². The first-order valence-electron chi connectivity index (χ1n) is 13.9. The van der Waals surface area contributed by atoms with E-state index < -0.39 is 29.3 Å². The largest absolute Gasteiger partial charge is 0.503 e. The van der Waals surface area contributed by atoms with Gasteiger partial charge in [-0.15, -0.1) is 21.5 Å². The van der Waals surface area contributed by atoms with Crippen molar-refractivity contribution in [3.8, 4) is 10.6 Å². The lowest BCUT2D eigenvalue weighted by atomic mass is 9.95. The fraction of sp³-hybridized carbons (Fsp3) is 0.0882. The summed E-state index contributed by atoms with van der Waals surface area (Å²) in [5.41, 5.74) is 2.81. The number of fused-ring (bicyclic) bond motifs is 1. The van der Waals surface area contributed by atoms with Gasteiger partial charge in [0, 0.05) is 11.3 Å². The van der Waals surface area contributed by atoms with Crippen molar-refractivity contribution < 1.29 is 19.1 Å². The van der Waals surface area contributed by atoms with Crippen LogP contribution in [0.5, 0.6) is 0 Å². The molecule has 0 saturated carbocycles. The number of carbonyl (C=O) groups excluding carboxylic acids is 2. The van der Waals surface area contributed by atoms with Crippen LogP contribution in [0.1, 0.15) is 32.5 Å². The number of carbonyl (C=O) groups is 2. The van der Waals surface area contributed by atoms with E-state index in [0.29, 0.717) is 31.2 Å². The van der Waals surface area contributed by atoms with E-state index in [1.54, 1.807) is 6.92 Å². The van der Waals surface area contributed by atoms with Crippen LogP contribution in [0.2, 0.25) is 0 Å². The number of anilines is 1. The molecule has 7 nitrogen and oxygen atoms in total. The summed E-state index contributed by atoms with van der Waals surface area (Å²) in [6.07, 6.45) is 0. The molecule has 1 amide bonds. The Kier molecular flexibility index (Phi) is 7.74. The average Bonchev–Trinajstić information content (AvgIpc) is 3.76. The number of nitrogens with zero attached hydrogens (tertiary/aromatic N) is 4. The Morgan fingerprint density at radius 1 is 0.933 bits per heavy atom. The first kappa shape index (κ1) is 29.0. The van der Waals surface area contributed by atoms with Crippen LogP contribution in [0.15, 0.2) is 113 Å². The van der Waals surface area contributed by atoms with E-state index >= 15 is 0 Å². The molecule has 6 aromatic rings. The summed E-state index contributed by atoms with van der Waals surface area (Å²) in [4.78, 5) is 34.0. The fourth-order valence-corrected chi connectivity index (χ4v) is 8.24. The first-order valence-corrected chi connectivity index (χ1v) is 16.5. The standard InChI is InChI=1S/C34H23FN4O3S3/c1-19-30(44-31(36-19)22-9-3-2-4-10-22)28(40)26-27(21-14-16-24(35)17-15-21)39(32(42)29(26)41)33-37-38-34(45-33)43-18-23-12-7-11-20-8-5-6-13-25(20)23/h2-17,27,41H,18H2,1H3. The normalized spacial score (nSPS) is 14.9. The molecule has 0 fully saturated rings. The molecule has 1 aliphatic heterocycles. The zero-order chi connectivity index (χ0) is 31.1. The van der Waals surface area contributed by atoms with Gasteiger partial charge in [0.15, 0.2) is 10.1 Å². The lowest BCUT2D eigenvalue weighted by molar-refractivity contribution is -0.117. The van der Waals surface area contributed by atoms with Gasteiger partial charge in [0.25, 0.3) is 5.91 Å². The number of rotatable bonds is 8. The van der Waals surface area contributed by atoms with E-state index in [-0.39, 0.29) is 10.7 Å². The number of benzene rings is 4. The molecular weight excluding hydrogens is 628 g/mol. The van der Waals surface area contributed by atoms with Crippen molar-refractivity contribution in [2.24, 2.45) is 0 Å². The lowest BCUT2D eigenvalue weighted by Gasteiger charge is -2.24. The van der Waals surface area contributed by atoms with Crippen LogP contribution in [-0.2, 0) is 10.5 Å². The second-order valence-corrected chi connectivity index (χ2v) is 13.5. The van der Waals surface area contributed by atoms with Crippen molar-refractivity contribution in [3.05, 3.63) is 136 Å². The van der Waals surface area contributed by atoms with Crippen LogP contribution < -0.4 is 4.90 Å². The predicted molar refractivity (Wildman–Crippen MR) is 176 cm³/mol. The molecule has 3 heterocycles. The van der Waals surface area contributed by atoms with Gasteiger partial charge in [0.2, 0.25) is 10.9 Å². The summed E-state index contributed by atoms with van der Waals surface area (Å²) in [6, 6.07) is 28.2. The summed E-state index contributed by atoms with van der Waals surface area (Å²) >= 11 is 3.86. The number of aliphatic hydroxyl groups excluding tert-OH is 1. The predicted octanol–water partition coefficient (Wildman–Crippen LogP) is 8.34. The highest BCUT2D eigenvalue weighted by Gasteiger charge is 2.46. The van der Waals surface area contributed by atoms with E-state index in [4.69, 9.17) is 0 Å². The van der Waals surface area contributed by atoms with Gasteiger partial charge in [-0.1, -0.05) is 108 Å². The maximum absolute atomic E-state index is 14.1. The van der Waals surface area contributed by atoms with Crippen molar-refractivity contribution in [2.75, 3.05) is 4.90 Å². The number of aromatic nitrogens is 3. The molecule has 0 bridgehead atoms. The molecule has 0 aliphatic carbocycles. The Morgan fingerprint density at radius 3 is 2.47 bits per heavy atom. The third kappa shape index (κ3) is 5.43. The molecule has 45 heavy (non-hydrogen) atoms. The molecule has 1 unspecified atom stereocenters. The van der Waals surface area contributed by atoms with Crippen molar-refractivity contribution in [3.63, 3.8) is 0 Å². The summed E-state index contributed by atoms with van der Waals surface area (Å²) in [7, 11) is 0. The number of Topliss-reactive ketones (excluding diaryl/α,β-unsaturated/α-hetero) is 1. The fourth-order valence-electron chi connectivity index (χ4n) is 5.34. The summed E-state index contributed by atoms with van der Waals surface area (Å²) in [6.45, 7) is 1.72.